The number of hydrogen-bond donors (Lipinski definition) is 3. The van der Waals surface area contributed by atoms with Crippen LogP contribution in [-0.2, 0) is 11.3 Å². The minimum atomic E-state index is -1.04. The van der Waals surface area contributed by atoms with Crippen LogP contribution in [0.3, 0.4) is 0 Å². The van der Waals surface area contributed by atoms with Gasteiger partial charge in [-0.05, 0) is 18.1 Å². The summed E-state index contributed by atoms with van der Waals surface area (Å²) < 4.78 is 0. The molecule has 110 valence electrons. The fourth-order valence-electron chi connectivity index (χ4n) is 1.52. The van der Waals surface area contributed by atoms with E-state index in [-0.39, 0.29) is 11.6 Å². The van der Waals surface area contributed by atoms with Gasteiger partial charge in [0.25, 0.3) is 0 Å². The minimum absolute atomic E-state index is 0.0124. The van der Waals surface area contributed by atoms with Gasteiger partial charge in [-0.2, -0.15) is 0 Å². The average molecular weight is 279 g/mol. The molecule has 1 amide bonds. The van der Waals surface area contributed by atoms with E-state index in [1.54, 1.807) is 12.1 Å². The van der Waals surface area contributed by atoms with E-state index in [1.165, 1.54) is 6.07 Å². The molecular formula is C14H21N3O3. The van der Waals surface area contributed by atoms with Crippen LogP contribution in [0.15, 0.2) is 18.2 Å². The van der Waals surface area contributed by atoms with Crippen LogP contribution in [-0.4, -0.2) is 35.1 Å². The Labute approximate surface area is 118 Å². The van der Waals surface area contributed by atoms with Gasteiger partial charge >= 0.3 is 5.97 Å². The second-order valence-electron chi connectivity index (χ2n) is 4.94. The summed E-state index contributed by atoms with van der Waals surface area (Å²) in [4.78, 5) is 26.2. The number of rotatable bonds is 8. The Kier molecular flexibility index (Phi) is 6.66. The number of carbonyl (C=O) groups is 2. The SMILES string of the molecule is CC(C)CNC(=O)CCNCc1cccc(C(=O)O)n1. The second kappa shape index (κ2) is 8.27. The summed E-state index contributed by atoms with van der Waals surface area (Å²) in [5.74, 6) is -0.590. The molecule has 1 aromatic rings. The van der Waals surface area contributed by atoms with E-state index in [1.807, 2.05) is 13.8 Å². The molecule has 20 heavy (non-hydrogen) atoms. The first-order valence-corrected chi connectivity index (χ1v) is 6.65. The lowest BCUT2D eigenvalue weighted by molar-refractivity contribution is -0.121. The number of nitrogens with zero attached hydrogens (tertiary/aromatic N) is 1. The number of carboxylic acid groups (broad SMARTS) is 1. The standard InChI is InChI=1S/C14H21N3O3/c1-10(2)8-16-13(18)6-7-15-9-11-4-3-5-12(17-11)14(19)20/h3-5,10,15H,6-9H2,1-2H3,(H,16,18)(H,19,20). The first-order valence-electron chi connectivity index (χ1n) is 6.65. The van der Waals surface area contributed by atoms with Crippen molar-refractivity contribution in [2.45, 2.75) is 26.8 Å². The molecular weight excluding hydrogens is 258 g/mol. The summed E-state index contributed by atoms with van der Waals surface area (Å²) in [5.41, 5.74) is 0.673. The smallest absolute Gasteiger partial charge is 0.354 e. The van der Waals surface area contributed by atoms with Crippen molar-refractivity contribution in [3.8, 4) is 0 Å². The molecule has 0 atom stereocenters. The Morgan fingerprint density at radius 2 is 2.10 bits per heavy atom. The highest BCUT2D eigenvalue weighted by molar-refractivity contribution is 5.85. The molecule has 1 aromatic heterocycles. The lowest BCUT2D eigenvalue weighted by atomic mass is 10.2. The van der Waals surface area contributed by atoms with Crippen molar-refractivity contribution in [3.63, 3.8) is 0 Å². The summed E-state index contributed by atoms with van der Waals surface area (Å²) in [6, 6.07) is 4.85. The first kappa shape index (κ1) is 16.1. The van der Waals surface area contributed by atoms with Crippen LogP contribution in [0, 0.1) is 5.92 Å². The van der Waals surface area contributed by atoms with Crippen molar-refractivity contribution < 1.29 is 14.7 Å². The van der Waals surface area contributed by atoms with Crippen molar-refractivity contribution in [1.82, 2.24) is 15.6 Å². The number of hydrogen-bond acceptors (Lipinski definition) is 4. The highest BCUT2D eigenvalue weighted by Crippen LogP contribution is 1.99. The van der Waals surface area contributed by atoms with Crippen molar-refractivity contribution >= 4 is 11.9 Å². The highest BCUT2D eigenvalue weighted by atomic mass is 16.4. The zero-order valence-electron chi connectivity index (χ0n) is 11.8. The van der Waals surface area contributed by atoms with Gasteiger partial charge in [0.2, 0.25) is 5.91 Å². The Bertz CT molecular complexity index is 461. The van der Waals surface area contributed by atoms with E-state index in [0.29, 0.717) is 37.7 Å². The van der Waals surface area contributed by atoms with Crippen LogP contribution in [0.2, 0.25) is 0 Å². The molecule has 0 aliphatic heterocycles. The van der Waals surface area contributed by atoms with Crippen LogP contribution in [0.1, 0.15) is 36.5 Å². The Hall–Kier alpha value is -1.95. The fraction of sp³-hybridized carbons (Fsp3) is 0.500. The molecule has 0 spiro atoms. The summed E-state index contributed by atoms with van der Waals surface area (Å²) in [6.45, 7) is 5.74. The van der Waals surface area contributed by atoms with E-state index in [0.717, 1.165) is 0 Å². The maximum Gasteiger partial charge on any atom is 0.354 e. The number of carbonyl (C=O) groups excluding carboxylic acids is 1. The van der Waals surface area contributed by atoms with E-state index in [9.17, 15) is 9.59 Å². The van der Waals surface area contributed by atoms with Crippen LogP contribution in [0.5, 0.6) is 0 Å². The average Bonchev–Trinajstić information content (AvgIpc) is 2.41. The quantitative estimate of drug-likeness (QED) is 0.618. The molecule has 0 saturated carbocycles. The molecule has 0 aliphatic rings. The van der Waals surface area contributed by atoms with Gasteiger partial charge in [-0.25, -0.2) is 9.78 Å². The molecule has 0 fully saturated rings. The topological polar surface area (TPSA) is 91.3 Å². The lowest BCUT2D eigenvalue weighted by Gasteiger charge is -2.08. The van der Waals surface area contributed by atoms with Crippen molar-refractivity contribution in [2.24, 2.45) is 5.92 Å². The maximum absolute atomic E-state index is 11.5. The molecule has 0 bridgehead atoms. The lowest BCUT2D eigenvalue weighted by Crippen LogP contribution is -2.30. The van der Waals surface area contributed by atoms with Gasteiger partial charge in [0.15, 0.2) is 0 Å². The minimum Gasteiger partial charge on any atom is -0.477 e. The summed E-state index contributed by atoms with van der Waals surface area (Å²) in [6.07, 6.45) is 0.394. The number of nitrogens with one attached hydrogen (secondary N) is 2. The van der Waals surface area contributed by atoms with Gasteiger partial charge in [0.05, 0.1) is 5.69 Å². The van der Waals surface area contributed by atoms with E-state index in [2.05, 4.69) is 15.6 Å². The highest BCUT2D eigenvalue weighted by Gasteiger charge is 2.05. The molecule has 1 rings (SSSR count). The summed E-state index contributed by atoms with van der Waals surface area (Å²) in [7, 11) is 0. The molecule has 0 unspecified atom stereocenters. The number of aromatic nitrogens is 1. The van der Waals surface area contributed by atoms with Crippen LogP contribution in [0.25, 0.3) is 0 Å². The normalized spacial score (nSPS) is 10.6. The predicted octanol–water partition coefficient (Wildman–Crippen LogP) is 1.03. The first-order chi connectivity index (χ1) is 9.49. The summed E-state index contributed by atoms with van der Waals surface area (Å²) >= 11 is 0. The Morgan fingerprint density at radius 3 is 2.75 bits per heavy atom. The molecule has 0 radical (unpaired) electrons. The third kappa shape index (κ3) is 6.29. The third-order valence-electron chi connectivity index (χ3n) is 2.57. The van der Waals surface area contributed by atoms with Gasteiger partial charge in [0, 0.05) is 26.1 Å². The van der Waals surface area contributed by atoms with Crippen molar-refractivity contribution in [2.75, 3.05) is 13.1 Å². The molecule has 6 heteroatoms. The molecule has 0 aromatic carbocycles. The van der Waals surface area contributed by atoms with Crippen molar-refractivity contribution in [1.29, 1.82) is 0 Å². The van der Waals surface area contributed by atoms with E-state index >= 15 is 0 Å². The number of carboxylic acids is 1. The second-order valence-corrected chi connectivity index (χ2v) is 4.94. The van der Waals surface area contributed by atoms with Gasteiger partial charge < -0.3 is 15.7 Å². The van der Waals surface area contributed by atoms with Gasteiger partial charge in [-0.1, -0.05) is 19.9 Å². The zero-order valence-corrected chi connectivity index (χ0v) is 11.8. The van der Waals surface area contributed by atoms with E-state index < -0.39 is 5.97 Å². The monoisotopic (exact) mass is 279 g/mol. The number of amides is 1. The van der Waals surface area contributed by atoms with Gasteiger partial charge in [0.1, 0.15) is 5.69 Å². The van der Waals surface area contributed by atoms with Crippen LogP contribution in [0.4, 0.5) is 0 Å². The molecule has 0 saturated heterocycles. The van der Waals surface area contributed by atoms with Gasteiger partial charge in [-0.15, -0.1) is 0 Å². The fourth-order valence-corrected chi connectivity index (χ4v) is 1.52. The molecule has 1 heterocycles. The van der Waals surface area contributed by atoms with Crippen LogP contribution < -0.4 is 10.6 Å². The Balaban J connectivity index is 2.26. The number of pyridine rings is 1. The predicted molar refractivity (Wildman–Crippen MR) is 75.4 cm³/mol. The van der Waals surface area contributed by atoms with Crippen LogP contribution >= 0.6 is 0 Å². The largest absolute Gasteiger partial charge is 0.477 e. The van der Waals surface area contributed by atoms with Gasteiger partial charge in [-0.3, -0.25) is 4.79 Å². The third-order valence-corrected chi connectivity index (χ3v) is 2.57. The maximum atomic E-state index is 11.5. The zero-order chi connectivity index (χ0) is 15.0. The molecule has 6 nitrogen and oxygen atoms in total. The summed E-state index contributed by atoms with van der Waals surface area (Å²) in [5, 5.41) is 14.7. The molecule has 3 N–H and O–H groups in total. The molecule has 0 aliphatic carbocycles. The van der Waals surface area contributed by atoms with Crippen molar-refractivity contribution in [3.05, 3.63) is 29.6 Å². The number of aromatic carboxylic acids is 1. The van der Waals surface area contributed by atoms with E-state index in [4.69, 9.17) is 5.11 Å². The Morgan fingerprint density at radius 1 is 1.35 bits per heavy atom.